The number of rotatable bonds is 5. The van der Waals surface area contributed by atoms with Crippen molar-refractivity contribution in [1.82, 2.24) is 9.88 Å². The van der Waals surface area contributed by atoms with E-state index in [0.717, 1.165) is 18.5 Å². The molecule has 2 aromatic rings. The summed E-state index contributed by atoms with van der Waals surface area (Å²) in [5, 5.41) is 9.06. The fraction of sp³-hybridized carbons (Fsp3) is 0.438. The smallest absolute Gasteiger partial charge is 0.308 e. The van der Waals surface area contributed by atoms with Crippen LogP contribution in [0.5, 0.6) is 0 Å². The third-order valence-electron chi connectivity index (χ3n) is 3.86. The first-order chi connectivity index (χ1) is 10.5. The average Bonchev–Trinajstić information content (AvgIpc) is 3.22. The van der Waals surface area contributed by atoms with Gasteiger partial charge in [0.25, 0.3) is 5.91 Å². The lowest BCUT2D eigenvalue weighted by Gasteiger charge is -2.23. The van der Waals surface area contributed by atoms with E-state index in [0.29, 0.717) is 11.1 Å². The Balaban J connectivity index is 1.86. The summed E-state index contributed by atoms with van der Waals surface area (Å²) in [6, 6.07) is 5.36. The second-order valence-electron chi connectivity index (χ2n) is 5.87. The summed E-state index contributed by atoms with van der Waals surface area (Å²) in [7, 11) is 0. The van der Waals surface area contributed by atoms with Crippen LogP contribution in [0.3, 0.4) is 0 Å². The van der Waals surface area contributed by atoms with E-state index < -0.39 is 11.9 Å². The highest BCUT2D eigenvalue weighted by Gasteiger charge is 2.36. The summed E-state index contributed by atoms with van der Waals surface area (Å²) in [6.07, 6.45) is 1.82. The number of nitrogens with zero attached hydrogens (tertiary/aromatic N) is 2. The highest BCUT2D eigenvalue weighted by molar-refractivity contribution is 5.95. The van der Waals surface area contributed by atoms with Crippen LogP contribution in [-0.2, 0) is 4.79 Å². The van der Waals surface area contributed by atoms with Crippen LogP contribution in [0.2, 0.25) is 0 Å². The van der Waals surface area contributed by atoms with E-state index in [1.807, 2.05) is 13.0 Å². The molecule has 0 saturated heterocycles. The lowest BCUT2D eigenvalue weighted by molar-refractivity contribution is -0.141. The van der Waals surface area contributed by atoms with Gasteiger partial charge in [-0.05, 0) is 31.9 Å². The predicted octanol–water partition coefficient (Wildman–Crippen LogP) is 2.46. The van der Waals surface area contributed by atoms with Gasteiger partial charge in [0.05, 0.1) is 5.92 Å². The van der Waals surface area contributed by atoms with Crippen molar-refractivity contribution < 1.29 is 19.1 Å². The number of carbonyl (C=O) groups is 2. The van der Waals surface area contributed by atoms with Crippen molar-refractivity contribution >= 4 is 23.0 Å². The Morgan fingerprint density at radius 3 is 2.82 bits per heavy atom. The number of fused-ring (bicyclic) bond motifs is 1. The van der Waals surface area contributed by atoms with Crippen molar-refractivity contribution in [3.05, 3.63) is 29.7 Å². The van der Waals surface area contributed by atoms with Gasteiger partial charge >= 0.3 is 5.97 Å². The molecule has 3 rings (SSSR count). The third-order valence-corrected chi connectivity index (χ3v) is 3.86. The maximum Gasteiger partial charge on any atom is 0.308 e. The largest absolute Gasteiger partial charge is 0.481 e. The molecule has 1 N–H and O–H groups in total. The molecule has 22 heavy (non-hydrogen) atoms. The Morgan fingerprint density at radius 1 is 1.45 bits per heavy atom. The SMILES string of the molecule is Cc1ccc2oc(C(=O)N(CC(C)C(=O)O)C3CC3)cc2n1. The fourth-order valence-electron chi connectivity index (χ4n) is 2.43. The molecule has 1 aliphatic rings. The van der Waals surface area contributed by atoms with Gasteiger partial charge in [-0.3, -0.25) is 9.59 Å². The summed E-state index contributed by atoms with van der Waals surface area (Å²) >= 11 is 0. The zero-order valence-electron chi connectivity index (χ0n) is 12.6. The number of aromatic nitrogens is 1. The first-order valence-corrected chi connectivity index (χ1v) is 7.36. The number of aryl methyl sites for hydroxylation is 1. The fourth-order valence-corrected chi connectivity index (χ4v) is 2.43. The Bertz CT molecular complexity index is 733. The molecule has 2 aromatic heterocycles. The molecule has 6 nitrogen and oxygen atoms in total. The Kier molecular flexibility index (Phi) is 3.60. The number of furan rings is 1. The van der Waals surface area contributed by atoms with Gasteiger partial charge in [0, 0.05) is 24.3 Å². The average molecular weight is 302 g/mol. The van der Waals surface area contributed by atoms with Gasteiger partial charge in [0.1, 0.15) is 5.52 Å². The number of hydrogen-bond acceptors (Lipinski definition) is 4. The standard InChI is InChI=1S/C16H18N2O4/c1-9(16(20)21)8-18(11-4-5-11)15(19)14-7-12-13(22-14)6-3-10(2)17-12/h3,6-7,9,11H,4-5,8H2,1-2H3,(H,20,21). The van der Waals surface area contributed by atoms with Crippen LogP contribution >= 0.6 is 0 Å². The molecule has 1 fully saturated rings. The van der Waals surface area contributed by atoms with Crippen molar-refractivity contribution in [2.75, 3.05) is 6.54 Å². The van der Waals surface area contributed by atoms with Crippen LogP contribution in [0.4, 0.5) is 0 Å². The molecule has 0 spiro atoms. The van der Waals surface area contributed by atoms with Crippen molar-refractivity contribution in [2.45, 2.75) is 32.7 Å². The monoisotopic (exact) mass is 302 g/mol. The molecule has 0 aromatic carbocycles. The van der Waals surface area contributed by atoms with Gasteiger partial charge in [-0.2, -0.15) is 0 Å². The van der Waals surface area contributed by atoms with Crippen LogP contribution in [-0.4, -0.2) is 39.5 Å². The molecule has 1 saturated carbocycles. The number of pyridine rings is 1. The zero-order valence-corrected chi connectivity index (χ0v) is 12.6. The minimum absolute atomic E-state index is 0.122. The van der Waals surface area contributed by atoms with Gasteiger partial charge in [-0.1, -0.05) is 6.92 Å². The zero-order chi connectivity index (χ0) is 15.9. The highest BCUT2D eigenvalue weighted by atomic mass is 16.4. The summed E-state index contributed by atoms with van der Waals surface area (Å²) < 4.78 is 5.58. The topological polar surface area (TPSA) is 83.6 Å². The highest BCUT2D eigenvalue weighted by Crippen LogP contribution is 2.30. The van der Waals surface area contributed by atoms with Crippen LogP contribution < -0.4 is 0 Å². The predicted molar refractivity (Wildman–Crippen MR) is 79.6 cm³/mol. The van der Waals surface area contributed by atoms with Crippen LogP contribution in [0, 0.1) is 12.8 Å². The number of carbonyl (C=O) groups excluding carboxylic acids is 1. The Morgan fingerprint density at radius 2 is 2.18 bits per heavy atom. The van der Waals surface area contributed by atoms with Crippen molar-refractivity contribution in [3.63, 3.8) is 0 Å². The minimum Gasteiger partial charge on any atom is -0.481 e. The molecule has 1 amide bonds. The number of carboxylic acid groups (broad SMARTS) is 1. The molecular weight excluding hydrogens is 284 g/mol. The van der Waals surface area contributed by atoms with E-state index in [9.17, 15) is 9.59 Å². The van der Waals surface area contributed by atoms with E-state index in [1.165, 1.54) is 0 Å². The van der Waals surface area contributed by atoms with E-state index in [1.54, 1.807) is 24.0 Å². The summed E-state index contributed by atoms with van der Waals surface area (Å²) in [5.74, 6) is -1.54. The molecule has 1 atom stereocenters. The number of carboxylic acids is 1. The molecule has 1 unspecified atom stereocenters. The summed E-state index contributed by atoms with van der Waals surface area (Å²) in [4.78, 5) is 29.6. The van der Waals surface area contributed by atoms with E-state index >= 15 is 0 Å². The van der Waals surface area contributed by atoms with Gasteiger partial charge in [-0.25, -0.2) is 4.98 Å². The Labute approximate surface area is 127 Å². The van der Waals surface area contributed by atoms with E-state index in [4.69, 9.17) is 9.52 Å². The van der Waals surface area contributed by atoms with Crippen molar-refractivity contribution in [2.24, 2.45) is 5.92 Å². The number of aliphatic carboxylic acids is 1. The third kappa shape index (κ3) is 2.81. The molecule has 116 valence electrons. The van der Waals surface area contributed by atoms with E-state index in [-0.39, 0.29) is 24.3 Å². The summed E-state index contributed by atoms with van der Waals surface area (Å²) in [6.45, 7) is 3.68. The second kappa shape index (κ2) is 5.44. The van der Waals surface area contributed by atoms with Crippen molar-refractivity contribution in [3.8, 4) is 0 Å². The molecular formula is C16H18N2O4. The minimum atomic E-state index is -0.902. The number of hydrogen-bond donors (Lipinski definition) is 1. The lowest BCUT2D eigenvalue weighted by Crippen LogP contribution is -2.38. The second-order valence-corrected chi connectivity index (χ2v) is 5.87. The quantitative estimate of drug-likeness (QED) is 0.917. The number of amides is 1. The Hall–Kier alpha value is -2.37. The lowest BCUT2D eigenvalue weighted by atomic mass is 10.1. The maximum atomic E-state index is 12.7. The molecule has 0 aliphatic heterocycles. The molecule has 6 heteroatoms. The van der Waals surface area contributed by atoms with Gasteiger partial charge in [0.15, 0.2) is 11.3 Å². The van der Waals surface area contributed by atoms with Crippen LogP contribution in [0.1, 0.15) is 36.0 Å². The maximum absolute atomic E-state index is 12.7. The van der Waals surface area contributed by atoms with Crippen LogP contribution in [0.15, 0.2) is 22.6 Å². The molecule has 1 aliphatic carbocycles. The summed E-state index contributed by atoms with van der Waals surface area (Å²) in [5.41, 5.74) is 2.06. The first kappa shape index (κ1) is 14.6. The first-order valence-electron chi connectivity index (χ1n) is 7.36. The van der Waals surface area contributed by atoms with Gasteiger partial charge in [-0.15, -0.1) is 0 Å². The molecule has 0 radical (unpaired) electrons. The van der Waals surface area contributed by atoms with Gasteiger partial charge in [0.2, 0.25) is 0 Å². The molecule has 0 bridgehead atoms. The normalized spacial score (nSPS) is 15.7. The van der Waals surface area contributed by atoms with Crippen molar-refractivity contribution in [1.29, 1.82) is 0 Å². The molecule has 2 heterocycles. The van der Waals surface area contributed by atoms with Crippen LogP contribution in [0.25, 0.3) is 11.1 Å². The van der Waals surface area contributed by atoms with Gasteiger partial charge < -0.3 is 14.4 Å². The van der Waals surface area contributed by atoms with E-state index in [2.05, 4.69) is 4.98 Å².